The van der Waals surface area contributed by atoms with Crippen molar-refractivity contribution >= 4 is 21.9 Å². The molecule has 2 rings (SSSR count). The number of rotatable bonds is 3. The lowest BCUT2D eigenvalue weighted by molar-refractivity contribution is 0.0694. The lowest BCUT2D eigenvalue weighted by atomic mass is 10.0. The SMILES string of the molecule is CCc1c(C(=O)O)c(C)n(-c2ccccc2)c(=O)c1Br. The first kappa shape index (κ1) is 14.5. The number of pyridine rings is 1. The zero-order valence-corrected chi connectivity index (χ0v) is 12.8. The second-order valence-electron chi connectivity index (χ2n) is 4.39. The predicted octanol–water partition coefficient (Wildman–Crippen LogP) is 3.17. The Labute approximate surface area is 124 Å². The van der Waals surface area contributed by atoms with Gasteiger partial charge in [-0.3, -0.25) is 9.36 Å². The van der Waals surface area contributed by atoms with Crippen LogP contribution in [0.15, 0.2) is 39.6 Å². The van der Waals surface area contributed by atoms with Gasteiger partial charge in [0.05, 0.1) is 10.0 Å². The van der Waals surface area contributed by atoms with E-state index in [2.05, 4.69) is 15.9 Å². The van der Waals surface area contributed by atoms with Crippen LogP contribution in [0, 0.1) is 6.92 Å². The maximum atomic E-state index is 12.5. The number of aromatic nitrogens is 1. The predicted molar refractivity (Wildman–Crippen MR) is 80.8 cm³/mol. The normalized spacial score (nSPS) is 10.6. The van der Waals surface area contributed by atoms with Crippen LogP contribution in [-0.2, 0) is 6.42 Å². The standard InChI is InChI=1S/C15H14BrNO3/c1-3-11-12(15(19)20)9(2)17(14(18)13(11)16)10-7-5-4-6-8-10/h4-8H,3H2,1-2H3,(H,19,20). The van der Waals surface area contributed by atoms with E-state index in [1.54, 1.807) is 19.1 Å². The molecule has 1 aromatic heterocycles. The topological polar surface area (TPSA) is 59.3 Å². The summed E-state index contributed by atoms with van der Waals surface area (Å²) in [6, 6.07) is 9.01. The van der Waals surface area contributed by atoms with E-state index in [1.807, 2.05) is 25.1 Å². The number of carbonyl (C=O) groups is 1. The first-order valence-electron chi connectivity index (χ1n) is 6.21. The smallest absolute Gasteiger partial charge is 0.337 e. The third-order valence-electron chi connectivity index (χ3n) is 3.24. The van der Waals surface area contributed by atoms with E-state index < -0.39 is 5.97 Å². The Morgan fingerprint density at radius 1 is 1.30 bits per heavy atom. The van der Waals surface area contributed by atoms with E-state index in [4.69, 9.17) is 0 Å². The third-order valence-corrected chi connectivity index (χ3v) is 4.05. The van der Waals surface area contributed by atoms with Crippen molar-refractivity contribution in [2.24, 2.45) is 0 Å². The van der Waals surface area contributed by atoms with E-state index in [9.17, 15) is 14.7 Å². The number of carboxylic acid groups (broad SMARTS) is 1. The van der Waals surface area contributed by atoms with Gasteiger partial charge in [-0.05, 0) is 47.0 Å². The average molecular weight is 336 g/mol. The van der Waals surface area contributed by atoms with Gasteiger partial charge in [-0.25, -0.2) is 4.79 Å². The maximum Gasteiger partial charge on any atom is 0.337 e. The molecule has 0 saturated heterocycles. The van der Waals surface area contributed by atoms with Crippen molar-refractivity contribution in [1.82, 2.24) is 4.57 Å². The van der Waals surface area contributed by atoms with Gasteiger partial charge in [-0.2, -0.15) is 0 Å². The van der Waals surface area contributed by atoms with E-state index in [1.165, 1.54) is 4.57 Å². The van der Waals surface area contributed by atoms with Gasteiger partial charge in [0.1, 0.15) is 0 Å². The molecule has 5 heteroatoms. The lowest BCUT2D eigenvalue weighted by Gasteiger charge is -2.16. The summed E-state index contributed by atoms with van der Waals surface area (Å²) in [5.41, 5.74) is 1.57. The van der Waals surface area contributed by atoms with Crippen LogP contribution < -0.4 is 5.56 Å². The van der Waals surface area contributed by atoms with Crippen LogP contribution >= 0.6 is 15.9 Å². The summed E-state index contributed by atoms with van der Waals surface area (Å²) in [4.78, 5) is 24.0. The molecule has 0 unspecified atom stereocenters. The third kappa shape index (κ3) is 2.29. The quantitative estimate of drug-likeness (QED) is 0.937. The number of nitrogens with zero attached hydrogens (tertiary/aromatic N) is 1. The number of para-hydroxylation sites is 1. The van der Waals surface area contributed by atoms with E-state index in [0.717, 1.165) is 0 Å². The van der Waals surface area contributed by atoms with Gasteiger partial charge in [0.15, 0.2) is 0 Å². The molecule has 0 radical (unpaired) electrons. The fourth-order valence-electron chi connectivity index (χ4n) is 2.32. The Kier molecular flexibility index (Phi) is 4.09. The molecule has 2 aromatic rings. The Balaban J connectivity index is 2.91. The zero-order chi connectivity index (χ0) is 14.9. The molecule has 0 bridgehead atoms. The largest absolute Gasteiger partial charge is 0.478 e. The number of hydrogen-bond donors (Lipinski definition) is 1. The number of aromatic carboxylic acids is 1. The van der Waals surface area contributed by atoms with E-state index in [-0.39, 0.29) is 11.1 Å². The molecule has 0 spiro atoms. The number of benzene rings is 1. The summed E-state index contributed by atoms with van der Waals surface area (Å²) < 4.78 is 1.74. The molecule has 1 aromatic carbocycles. The van der Waals surface area contributed by atoms with Gasteiger partial charge in [0.2, 0.25) is 0 Å². The average Bonchev–Trinajstić information content (AvgIpc) is 2.43. The molecular weight excluding hydrogens is 322 g/mol. The molecule has 0 fully saturated rings. The molecule has 0 atom stereocenters. The second-order valence-corrected chi connectivity index (χ2v) is 5.18. The minimum absolute atomic E-state index is 0.183. The van der Waals surface area contributed by atoms with Crippen LogP contribution in [0.5, 0.6) is 0 Å². The van der Waals surface area contributed by atoms with Gasteiger partial charge in [-0.15, -0.1) is 0 Å². The summed E-state index contributed by atoms with van der Waals surface area (Å²) >= 11 is 3.25. The van der Waals surface area contributed by atoms with Crippen molar-refractivity contribution in [3.05, 3.63) is 62.0 Å². The molecule has 1 N–H and O–H groups in total. The summed E-state index contributed by atoms with van der Waals surface area (Å²) in [7, 11) is 0. The van der Waals surface area contributed by atoms with Crippen molar-refractivity contribution < 1.29 is 9.90 Å². The van der Waals surface area contributed by atoms with Crippen LogP contribution in [-0.4, -0.2) is 15.6 Å². The molecule has 4 nitrogen and oxygen atoms in total. The Hall–Kier alpha value is -1.88. The first-order chi connectivity index (χ1) is 9.49. The molecule has 0 aliphatic carbocycles. The van der Waals surface area contributed by atoms with Crippen molar-refractivity contribution in [3.63, 3.8) is 0 Å². The van der Waals surface area contributed by atoms with Crippen LogP contribution in [0.2, 0.25) is 0 Å². The summed E-state index contributed by atoms with van der Waals surface area (Å²) in [6.07, 6.45) is 0.480. The maximum absolute atomic E-state index is 12.5. The molecule has 1 heterocycles. The van der Waals surface area contributed by atoms with Gasteiger partial charge in [0.25, 0.3) is 5.56 Å². The molecule has 0 aliphatic rings. The van der Waals surface area contributed by atoms with Gasteiger partial charge >= 0.3 is 5.97 Å². The minimum Gasteiger partial charge on any atom is -0.478 e. The van der Waals surface area contributed by atoms with Crippen molar-refractivity contribution in [2.45, 2.75) is 20.3 Å². The molecular formula is C15H14BrNO3. The first-order valence-corrected chi connectivity index (χ1v) is 7.01. The Bertz CT molecular complexity index is 720. The molecule has 0 aliphatic heterocycles. The highest BCUT2D eigenvalue weighted by Gasteiger charge is 2.22. The lowest BCUT2D eigenvalue weighted by Crippen LogP contribution is -2.26. The van der Waals surface area contributed by atoms with Gasteiger partial charge in [-0.1, -0.05) is 25.1 Å². The monoisotopic (exact) mass is 335 g/mol. The molecule has 0 amide bonds. The summed E-state index contributed by atoms with van der Waals surface area (Å²) in [5, 5.41) is 9.43. The van der Waals surface area contributed by atoms with Crippen LogP contribution in [0.1, 0.15) is 28.5 Å². The molecule has 104 valence electrons. The fraction of sp³-hybridized carbons (Fsp3) is 0.200. The van der Waals surface area contributed by atoms with Gasteiger partial charge < -0.3 is 5.11 Å². The van der Waals surface area contributed by atoms with Crippen molar-refractivity contribution in [1.29, 1.82) is 0 Å². The summed E-state index contributed by atoms with van der Waals surface area (Å²) in [6.45, 7) is 3.49. The Morgan fingerprint density at radius 3 is 2.40 bits per heavy atom. The second kappa shape index (κ2) is 5.63. The van der Waals surface area contributed by atoms with Crippen molar-refractivity contribution in [2.75, 3.05) is 0 Å². The van der Waals surface area contributed by atoms with Gasteiger partial charge in [0, 0.05) is 11.4 Å². The zero-order valence-electron chi connectivity index (χ0n) is 11.2. The van der Waals surface area contributed by atoms with Crippen LogP contribution in [0.3, 0.4) is 0 Å². The van der Waals surface area contributed by atoms with Crippen LogP contribution in [0.25, 0.3) is 5.69 Å². The fourth-order valence-corrected chi connectivity index (χ4v) is 2.98. The number of halogens is 1. The van der Waals surface area contributed by atoms with E-state index in [0.29, 0.717) is 27.8 Å². The molecule has 20 heavy (non-hydrogen) atoms. The van der Waals surface area contributed by atoms with Crippen molar-refractivity contribution in [3.8, 4) is 5.69 Å². The highest BCUT2D eigenvalue weighted by molar-refractivity contribution is 9.10. The Morgan fingerprint density at radius 2 is 1.90 bits per heavy atom. The van der Waals surface area contributed by atoms with E-state index >= 15 is 0 Å². The highest BCUT2D eigenvalue weighted by atomic mass is 79.9. The molecule has 0 saturated carbocycles. The minimum atomic E-state index is -1.02. The highest BCUT2D eigenvalue weighted by Crippen LogP contribution is 2.23. The number of carboxylic acids is 1. The van der Waals surface area contributed by atoms with Crippen LogP contribution in [0.4, 0.5) is 0 Å². The number of hydrogen-bond acceptors (Lipinski definition) is 2. The summed E-state index contributed by atoms with van der Waals surface area (Å²) in [5.74, 6) is -1.02.